The molecule has 0 fully saturated rings. The van der Waals surface area contributed by atoms with E-state index in [0.717, 1.165) is 46.1 Å². The average molecular weight is 417 g/mol. The molecule has 6 heteroatoms. The van der Waals surface area contributed by atoms with Crippen LogP contribution in [0.2, 0.25) is 5.02 Å². The first-order chi connectivity index (χ1) is 14.6. The Morgan fingerprint density at radius 3 is 2.67 bits per heavy atom. The van der Waals surface area contributed by atoms with Gasteiger partial charge in [0.2, 0.25) is 0 Å². The van der Waals surface area contributed by atoms with Crippen molar-refractivity contribution in [1.29, 1.82) is 0 Å². The van der Waals surface area contributed by atoms with Crippen LogP contribution < -0.4 is 10.6 Å². The van der Waals surface area contributed by atoms with E-state index in [1.165, 1.54) is 5.57 Å². The maximum Gasteiger partial charge on any atom is 0.161 e. The van der Waals surface area contributed by atoms with Crippen molar-refractivity contribution in [2.45, 2.75) is 26.2 Å². The van der Waals surface area contributed by atoms with Gasteiger partial charge in [0.1, 0.15) is 11.6 Å². The molecule has 0 spiro atoms. The number of carbonyl (C=O) groups excluding carboxylic acids is 1. The molecule has 1 aromatic heterocycles. The van der Waals surface area contributed by atoms with Gasteiger partial charge in [0.15, 0.2) is 5.82 Å². The number of ketones is 1. The highest BCUT2D eigenvalue weighted by Crippen LogP contribution is 2.34. The van der Waals surface area contributed by atoms with Gasteiger partial charge in [0, 0.05) is 52.5 Å². The normalized spacial score (nSPS) is 15.3. The molecule has 0 bridgehead atoms. The van der Waals surface area contributed by atoms with Crippen molar-refractivity contribution >= 4 is 34.6 Å². The molecule has 0 unspecified atom stereocenters. The summed E-state index contributed by atoms with van der Waals surface area (Å²) in [7, 11) is 0. The summed E-state index contributed by atoms with van der Waals surface area (Å²) < 4.78 is 0. The van der Waals surface area contributed by atoms with Crippen molar-refractivity contribution < 1.29 is 4.79 Å². The SMILES string of the molecule is CC1=C(Nc2nc(-c3ccc(Cl)cc3)nc3c2CCC(=O)C3)c2ccccc2NC1. The lowest BCUT2D eigenvalue weighted by molar-refractivity contribution is -0.118. The molecule has 2 heterocycles. The minimum absolute atomic E-state index is 0.219. The summed E-state index contributed by atoms with van der Waals surface area (Å²) >= 11 is 6.05. The molecule has 5 rings (SSSR count). The second kappa shape index (κ2) is 7.58. The van der Waals surface area contributed by atoms with Crippen LogP contribution in [0.1, 0.15) is 30.2 Å². The number of para-hydroxylation sites is 1. The lowest BCUT2D eigenvalue weighted by Crippen LogP contribution is -2.21. The zero-order valence-electron chi connectivity index (χ0n) is 16.6. The third kappa shape index (κ3) is 3.46. The fourth-order valence-corrected chi connectivity index (χ4v) is 4.13. The van der Waals surface area contributed by atoms with Crippen molar-refractivity contribution in [3.63, 3.8) is 0 Å². The standard InChI is InChI=1S/C24H21ClN4O/c1-14-13-26-20-5-3-2-4-18(20)22(14)28-24-19-11-10-17(30)12-21(19)27-23(29-24)15-6-8-16(25)9-7-15/h2-9,26H,10-13H2,1H3,(H,27,28,29). The Labute approximate surface area is 180 Å². The molecule has 0 atom stereocenters. The molecule has 2 aromatic carbocycles. The zero-order valence-corrected chi connectivity index (χ0v) is 17.4. The number of hydrogen-bond donors (Lipinski definition) is 2. The Kier molecular flexibility index (Phi) is 4.75. The van der Waals surface area contributed by atoms with Crippen LogP contribution in [0.25, 0.3) is 17.1 Å². The summed E-state index contributed by atoms with van der Waals surface area (Å²) in [6.07, 6.45) is 1.54. The molecule has 0 amide bonds. The molecule has 3 aromatic rings. The number of hydrogen-bond acceptors (Lipinski definition) is 5. The molecule has 150 valence electrons. The van der Waals surface area contributed by atoms with E-state index in [1.54, 1.807) is 0 Å². The minimum Gasteiger partial charge on any atom is -0.381 e. The van der Waals surface area contributed by atoms with E-state index in [-0.39, 0.29) is 5.78 Å². The molecule has 2 N–H and O–H groups in total. The van der Waals surface area contributed by atoms with Gasteiger partial charge in [-0.1, -0.05) is 29.8 Å². The lowest BCUT2D eigenvalue weighted by Gasteiger charge is -2.26. The van der Waals surface area contributed by atoms with E-state index in [0.29, 0.717) is 30.1 Å². The number of carbonyl (C=O) groups is 1. The summed E-state index contributed by atoms with van der Waals surface area (Å²) in [5.74, 6) is 1.60. The quantitative estimate of drug-likeness (QED) is 0.620. The average Bonchev–Trinajstić information content (AvgIpc) is 2.75. The van der Waals surface area contributed by atoms with Gasteiger partial charge in [0.25, 0.3) is 0 Å². The number of halogens is 1. The van der Waals surface area contributed by atoms with Crippen LogP contribution >= 0.6 is 11.6 Å². The van der Waals surface area contributed by atoms with Gasteiger partial charge in [-0.25, -0.2) is 9.97 Å². The van der Waals surface area contributed by atoms with Crippen molar-refractivity contribution in [2.24, 2.45) is 0 Å². The van der Waals surface area contributed by atoms with Gasteiger partial charge in [0.05, 0.1) is 5.69 Å². The van der Waals surface area contributed by atoms with Crippen molar-refractivity contribution in [2.75, 3.05) is 17.2 Å². The largest absolute Gasteiger partial charge is 0.381 e. The van der Waals surface area contributed by atoms with Crippen molar-refractivity contribution in [1.82, 2.24) is 9.97 Å². The van der Waals surface area contributed by atoms with Crippen LogP contribution in [-0.4, -0.2) is 22.3 Å². The molecule has 5 nitrogen and oxygen atoms in total. The Balaban J connectivity index is 1.62. The van der Waals surface area contributed by atoms with E-state index in [9.17, 15) is 4.79 Å². The van der Waals surface area contributed by atoms with Crippen LogP contribution in [0.5, 0.6) is 0 Å². The van der Waals surface area contributed by atoms with Crippen LogP contribution in [0.4, 0.5) is 11.5 Å². The monoisotopic (exact) mass is 416 g/mol. The first kappa shape index (κ1) is 18.8. The summed E-state index contributed by atoms with van der Waals surface area (Å²) in [5.41, 5.74) is 7.21. The molecule has 0 radical (unpaired) electrons. The number of aromatic nitrogens is 2. The topological polar surface area (TPSA) is 66.9 Å². The Morgan fingerprint density at radius 1 is 1.03 bits per heavy atom. The lowest BCUT2D eigenvalue weighted by atomic mass is 9.94. The van der Waals surface area contributed by atoms with E-state index in [2.05, 4.69) is 29.7 Å². The number of rotatable bonds is 3. The van der Waals surface area contributed by atoms with Gasteiger partial charge in [-0.05, 0) is 49.2 Å². The summed E-state index contributed by atoms with van der Waals surface area (Å²) in [5, 5.41) is 7.72. The Hall–Kier alpha value is -3.18. The van der Waals surface area contributed by atoms with Crippen molar-refractivity contribution in [3.8, 4) is 11.4 Å². The molecule has 2 aliphatic rings. The third-order valence-corrected chi connectivity index (χ3v) is 5.88. The maximum absolute atomic E-state index is 12.1. The van der Waals surface area contributed by atoms with E-state index in [4.69, 9.17) is 21.6 Å². The minimum atomic E-state index is 0.219. The molecule has 30 heavy (non-hydrogen) atoms. The molecular weight excluding hydrogens is 396 g/mol. The Morgan fingerprint density at radius 2 is 1.83 bits per heavy atom. The van der Waals surface area contributed by atoms with Gasteiger partial charge in [-0.15, -0.1) is 0 Å². The number of fused-ring (bicyclic) bond motifs is 2. The summed E-state index contributed by atoms with van der Waals surface area (Å²) in [6, 6.07) is 15.7. The summed E-state index contributed by atoms with van der Waals surface area (Å²) in [4.78, 5) is 21.7. The van der Waals surface area contributed by atoms with Crippen molar-refractivity contribution in [3.05, 3.63) is 75.9 Å². The molecular formula is C24H21ClN4O. The fourth-order valence-electron chi connectivity index (χ4n) is 4.00. The highest BCUT2D eigenvalue weighted by molar-refractivity contribution is 6.30. The highest BCUT2D eigenvalue weighted by atomic mass is 35.5. The molecule has 0 saturated carbocycles. The summed E-state index contributed by atoms with van der Waals surface area (Å²) in [6.45, 7) is 2.89. The second-order valence-corrected chi connectivity index (χ2v) is 8.16. The highest BCUT2D eigenvalue weighted by Gasteiger charge is 2.25. The predicted octanol–water partition coefficient (Wildman–Crippen LogP) is 5.12. The third-order valence-electron chi connectivity index (χ3n) is 5.62. The first-order valence-corrected chi connectivity index (χ1v) is 10.4. The number of anilines is 2. The van der Waals surface area contributed by atoms with Gasteiger partial charge in [-0.3, -0.25) is 4.79 Å². The number of Topliss-reactive ketones (excluding diaryl/α,β-unsaturated/α-hetero) is 1. The van der Waals surface area contributed by atoms with Gasteiger partial charge in [-0.2, -0.15) is 0 Å². The van der Waals surface area contributed by atoms with E-state index >= 15 is 0 Å². The van der Waals surface area contributed by atoms with Crippen LogP contribution in [0, 0.1) is 0 Å². The number of nitrogens with one attached hydrogen (secondary N) is 2. The first-order valence-electron chi connectivity index (χ1n) is 10.1. The smallest absolute Gasteiger partial charge is 0.161 e. The predicted molar refractivity (Wildman–Crippen MR) is 121 cm³/mol. The Bertz CT molecular complexity index is 1180. The second-order valence-electron chi connectivity index (χ2n) is 7.72. The van der Waals surface area contributed by atoms with Crippen LogP contribution in [0.3, 0.4) is 0 Å². The maximum atomic E-state index is 12.1. The fraction of sp³-hybridized carbons (Fsp3) is 0.208. The van der Waals surface area contributed by atoms with E-state index in [1.807, 2.05) is 36.4 Å². The van der Waals surface area contributed by atoms with Gasteiger partial charge < -0.3 is 10.6 Å². The zero-order chi connectivity index (χ0) is 20.7. The number of benzene rings is 2. The van der Waals surface area contributed by atoms with Crippen LogP contribution in [0.15, 0.2) is 54.1 Å². The van der Waals surface area contributed by atoms with E-state index < -0.39 is 0 Å². The molecule has 1 aliphatic heterocycles. The molecule has 1 aliphatic carbocycles. The van der Waals surface area contributed by atoms with Crippen LogP contribution in [-0.2, 0) is 17.6 Å². The van der Waals surface area contributed by atoms with Gasteiger partial charge >= 0.3 is 0 Å². The molecule has 0 saturated heterocycles. The number of nitrogens with zero attached hydrogens (tertiary/aromatic N) is 2.